The van der Waals surface area contributed by atoms with Crippen LogP contribution in [0.2, 0.25) is 0 Å². The number of hydrogen-bond acceptors (Lipinski definition) is 4. The molecule has 2 aromatic heterocycles. The lowest BCUT2D eigenvalue weighted by Crippen LogP contribution is -2.22. The van der Waals surface area contributed by atoms with Crippen LogP contribution in [0.1, 0.15) is 44.9 Å². The first-order chi connectivity index (χ1) is 9.86. The SMILES string of the molecule is CNc1cn2ccnc2c(NC2CCCCCCC2)n1. The Morgan fingerprint density at radius 1 is 1.15 bits per heavy atom. The van der Waals surface area contributed by atoms with Gasteiger partial charge in [0.05, 0.1) is 6.20 Å². The van der Waals surface area contributed by atoms with Gasteiger partial charge in [-0.3, -0.25) is 0 Å². The summed E-state index contributed by atoms with van der Waals surface area (Å²) in [5, 5.41) is 6.73. The fourth-order valence-corrected chi connectivity index (χ4v) is 2.94. The van der Waals surface area contributed by atoms with Gasteiger partial charge < -0.3 is 15.0 Å². The van der Waals surface area contributed by atoms with Gasteiger partial charge in [0.25, 0.3) is 0 Å². The minimum atomic E-state index is 0.524. The number of imidazole rings is 1. The molecule has 2 heterocycles. The summed E-state index contributed by atoms with van der Waals surface area (Å²) >= 11 is 0. The van der Waals surface area contributed by atoms with Gasteiger partial charge in [0, 0.05) is 25.5 Å². The molecular weight excluding hydrogens is 250 g/mol. The lowest BCUT2D eigenvalue weighted by Gasteiger charge is -2.22. The summed E-state index contributed by atoms with van der Waals surface area (Å²) in [6, 6.07) is 0.524. The van der Waals surface area contributed by atoms with Gasteiger partial charge in [0.15, 0.2) is 11.5 Å². The molecule has 1 aliphatic carbocycles. The molecule has 1 fully saturated rings. The second-order valence-corrected chi connectivity index (χ2v) is 5.57. The number of hydrogen-bond donors (Lipinski definition) is 2. The summed E-state index contributed by atoms with van der Waals surface area (Å²) in [6.07, 6.45) is 15.0. The molecule has 0 aliphatic heterocycles. The van der Waals surface area contributed by atoms with Crippen LogP contribution in [0.15, 0.2) is 18.6 Å². The van der Waals surface area contributed by atoms with Crippen molar-refractivity contribution in [3.63, 3.8) is 0 Å². The molecule has 5 heteroatoms. The van der Waals surface area contributed by atoms with Gasteiger partial charge in [-0.05, 0) is 12.8 Å². The van der Waals surface area contributed by atoms with Crippen LogP contribution in [0.4, 0.5) is 11.6 Å². The van der Waals surface area contributed by atoms with Gasteiger partial charge in [-0.25, -0.2) is 9.97 Å². The topological polar surface area (TPSA) is 54.2 Å². The Morgan fingerprint density at radius 2 is 1.90 bits per heavy atom. The molecule has 2 aromatic rings. The fourth-order valence-electron chi connectivity index (χ4n) is 2.94. The standard InChI is InChI=1S/C15H23N5/c1-16-13-11-20-10-9-17-15(20)14(19-13)18-12-7-5-3-2-4-6-8-12/h9-12,16H,2-8H2,1H3,(H,18,19). The van der Waals surface area contributed by atoms with Gasteiger partial charge in [0.2, 0.25) is 0 Å². The van der Waals surface area contributed by atoms with Crippen LogP contribution in [0, 0.1) is 0 Å². The van der Waals surface area contributed by atoms with Gasteiger partial charge in [-0.2, -0.15) is 0 Å². The quantitative estimate of drug-likeness (QED) is 0.901. The molecule has 2 N–H and O–H groups in total. The second-order valence-electron chi connectivity index (χ2n) is 5.57. The molecule has 5 nitrogen and oxygen atoms in total. The highest BCUT2D eigenvalue weighted by Crippen LogP contribution is 2.23. The van der Waals surface area contributed by atoms with Crippen molar-refractivity contribution in [1.82, 2.24) is 14.4 Å². The van der Waals surface area contributed by atoms with E-state index in [1.165, 1.54) is 44.9 Å². The summed E-state index contributed by atoms with van der Waals surface area (Å²) in [5.74, 6) is 1.76. The zero-order valence-corrected chi connectivity index (χ0v) is 12.1. The van der Waals surface area contributed by atoms with E-state index in [0.29, 0.717) is 6.04 Å². The summed E-state index contributed by atoms with van der Waals surface area (Å²) in [4.78, 5) is 9.05. The minimum Gasteiger partial charge on any atom is -0.372 e. The molecule has 108 valence electrons. The average Bonchev–Trinajstić information content (AvgIpc) is 2.89. The van der Waals surface area contributed by atoms with Crippen LogP contribution in [0.25, 0.3) is 5.65 Å². The molecule has 3 rings (SSSR count). The van der Waals surface area contributed by atoms with E-state index in [9.17, 15) is 0 Å². The van der Waals surface area contributed by atoms with Crippen LogP contribution in [-0.4, -0.2) is 27.5 Å². The number of aromatic nitrogens is 3. The number of nitrogens with one attached hydrogen (secondary N) is 2. The Labute approximate surface area is 119 Å². The van der Waals surface area contributed by atoms with Crippen LogP contribution >= 0.6 is 0 Å². The molecule has 1 saturated carbocycles. The highest BCUT2D eigenvalue weighted by Gasteiger charge is 2.14. The first kappa shape index (κ1) is 13.2. The van der Waals surface area contributed by atoms with E-state index in [1.54, 1.807) is 0 Å². The predicted molar refractivity (Wildman–Crippen MR) is 82.3 cm³/mol. The number of nitrogens with zero attached hydrogens (tertiary/aromatic N) is 3. The Morgan fingerprint density at radius 3 is 2.65 bits per heavy atom. The summed E-state index contributed by atoms with van der Waals surface area (Å²) in [5.41, 5.74) is 0.908. The first-order valence-corrected chi connectivity index (χ1v) is 7.65. The maximum absolute atomic E-state index is 4.63. The fraction of sp³-hybridized carbons (Fsp3) is 0.600. The van der Waals surface area contributed by atoms with E-state index in [4.69, 9.17) is 0 Å². The smallest absolute Gasteiger partial charge is 0.180 e. The van der Waals surface area contributed by atoms with E-state index in [2.05, 4.69) is 20.6 Å². The molecule has 0 spiro atoms. The molecule has 0 aromatic carbocycles. The summed E-state index contributed by atoms with van der Waals surface area (Å²) in [6.45, 7) is 0. The third-order valence-corrected chi connectivity index (χ3v) is 4.08. The molecule has 1 aliphatic rings. The Kier molecular flexibility index (Phi) is 4.04. The van der Waals surface area contributed by atoms with Crippen molar-refractivity contribution in [2.75, 3.05) is 17.7 Å². The van der Waals surface area contributed by atoms with Crippen molar-refractivity contribution in [1.29, 1.82) is 0 Å². The Bertz CT molecular complexity index is 554. The zero-order valence-electron chi connectivity index (χ0n) is 12.1. The molecule has 20 heavy (non-hydrogen) atoms. The number of anilines is 2. The zero-order chi connectivity index (χ0) is 13.8. The molecule has 0 radical (unpaired) electrons. The summed E-state index contributed by atoms with van der Waals surface area (Å²) in [7, 11) is 1.89. The average molecular weight is 273 g/mol. The van der Waals surface area contributed by atoms with Crippen LogP contribution < -0.4 is 10.6 Å². The highest BCUT2D eigenvalue weighted by molar-refractivity contribution is 5.65. The van der Waals surface area contributed by atoms with E-state index >= 15 is 0 Å². The predicted octanol–water partition coefficient (Wildman–Crippen LogP) is 3.30. The molecule has 0 amide bonds. The largest absolute Gasteiger partial charge is 0.372 e. The van der Waals surface area contributed by atoms with Gasteiger partial charge in [0.1, 0.15) is 5.82 Å². The monoisotopic (exact) mass is 273 g/mol. The molecule has 0 saturated heterocycles. The van der Waals surface area contributed by atoms with Crippen molar-refractivity contribution in [2.45, 2.75) is 51.0 Å². The van der Waals surface area contributed by atoms with Crippen LogP contribution in [-0.2, 0) is 0 Å². The normalized spacial score (nSPS) is 17.6. The highest BCUT2D eigenvalue weighted by atomic mass is 15.1. The molecule has 0 unspecified atom stereocenters. The van der Waals surface area contributed by atoms with Crippen molar-refractivity contribution in [2.24, 2.45) is 0 Å². The minimum absolute atomic E-state index is 0.524. The third-order valence-electron chi connectivity index (χ3n) is 4.08. The van der Waals surface area contributed by atoms with Crippen molar-refractivity contribution >= 4 is 17.3 Å². The number of rotatable bonds is 3. The van der Waals surface area contributed by atoms with Crippen LogP contribution in [0.5, 0.6) is 0 Å². The van der Waals surface area contributed by atoms with Crippen molar-refractivity contribution in [3.05, 3.63) is 18.6 Å². The third kappa shape index (κ3) is 2.86. The van der Waals surface area contributed by atoms with E-state index < -0.39 is 0 Å². The Balaban J connectivity index is 1.82. The van der Waals surface area contributed by atoms with Crippen molar-refractivity contribution < 1.29 is 0 Å². The van der Waals surface area contributed by atoms with Gasteiger partial charge in [-0.1, -0.05) is 32.1 Å². The second kappa shape index (κ2) is 6.11. The van der Waals surface area contributed by atoms with Crippen LogP contribution in [0.3, 0.4) is 0 Å². The van der Waals surface area contributed by atoms with E-state index in [-0.39, 0.29) is 0 Å². The first-order valence-electron chi connectivity index (χ1n) is 7.65. The van der Waals surface area contributed by atoms with Crippen molar-refractivity contribution in [3.8, 4) is 0 Å². The van der Waals surface area contributed by atoms with E-state index in [0.717, 1.165) is 17.3 Å². The maximum Gasteiger partial charge on any atom is 0.180 e. The summed E-state index contributed by atoms with van der Waals surface area (Å²) < 4.78 is 2.02. The number of fused-ring (bicyclic) bond motifs is 1. The molecule has 0 bridgehead atoms. The Hall–Kier alpha value is -1.78. The molecule has 0 atom stereocenters. The molecular formula is C15H23N5. The van der Waals surface area contributed by atoms with E-state index in [1.807, 2.05) is 30.0 Å². The lowest BCUT2D eigenvalue weighted by atomic mass is 9.97. The maximum atomic E-state index is 4.63. The van der Waals surface area contributed by atoms with Gasteiger partial charge in [-0.15, -0.1) is 0 Å². The lowest BCUT2D eigenvalue weighted by molar-refractivity contribution is 0.471. The van der Waals surface area contributed by atoms with Gasteiger partial charge >= 0.3 is 0 Å².